The third-order valence-corrected chi connectivity index (χ3v) is 13.4. The van der Waals surface area contributed by atoms with Crippen LogP contribution in [0.1, 0.15) is 133 Å². The Hall–Kier alpha value is -8.24. The molecule has 101 heavy (non-hydrogen) atoms. The first-order valence-corrected chi connectivity index (χ1v) is 33.6. The molecule has 3 amide bonds. The van der Waals surface area contributed by atoms with E-state index >= 15 is 0 Å². The average molecular weight is 1420 g/mol. The number of carbonyl (C=O) groups is 8. The number of amides is 3. The van der Waals surface area contributed by atoms with Crippen LogP contribution in [0.3, 0.4) is 0 Å². The average Bonchev–Trinajstić information content (AvgIpc) is 1.63. The Morgan fingerprint density at radius 1 is 0.485 bits per heavy atom. The number of carboxylic acids is 1. The summed E-state index contributed by atoms with van der Waals surface area (Å²) in [6, 6.07) is 15.3. The zero-order valence-electron chi connectivity index (χ0n) is 60.5. The van der Waals surface area contributed by atoms with Gasteiger partial charge in [-0.15, -0.1) is 0 Å². The number of anilines is 2. The number of aliphatic carboxylic acids is 1. The number of carboxylic acid groups (broad SMARTS) is 1. The normalized spacial score (nSPS) is 11.8. The van der Waals surface area contributed by atoms with E-state index in [1.807, 2.05) is 71.5 Å². The number of esters is 2. The third kappa shape index (κ3) is 33.9. The number of aliphatic hydroxyl groups is 2. The highest BCUT2D eigenvalue weighted by Crippen LogP contribution is 2.33. The molecule has 0 atom stereocenters. The van der Waals surface area contributed by atoms with E-state index in [0.29, 0.717) is 66.5 Å². The second-order valence-electron chi connectivity index (χ2n) is 26.4. The number of carbonyl (C=O) groups excluding carboxylic acids is 7. The van der Waals surface area contributed by atoms with Gasteiger partial charge in [0, 0.05) is 49.8 Å². The molecule has 31 nitrogen and oxygen atoms in total. The van der Waals surface area contributed by atoms with E-state index < -0.39 is 46.2 Å². The van der Waals surface area contributed by atoms with Crippen molar-refractivity contribution in [2.75, 3.05) is 117 Å². The standard InChI is InChI=1S/C34H50N6O10.C19H32O9.C17H22N4O2/c1-7-46-19-25-38-30-31(40(25)22-34(5,6)45)23-10-8-9-11-24(23)37-32(30)39-26(41)18-36-28(43)21-49-17-15-47-14-16-48-20-27(42)35-13-12-29(44)50-33(2,3)4;1-19(2,3)28-18(24)6-4-5-15(20)13-26-11-9-25-10-12-27-14-16(21)7-8-17(22)23;1-4-23-9-13-20-14-15(21(13)10-17(2,3)22)11-7-5-6-8-12(11)19-16(14)18/h8-11,45H,7,12-22H2,1-6H3,(H,35,42)(H,36,43)(H,37,39,41);4-14H2,1-3H3,(H,22,23);5-8,22H,4,9-10H2,1-3H3,(H2,18,19). The lowest BCUT2D eigenvalue weighted by Gasteiger charge is -2.20. The van der Waals surface area contributed by atoms with Crippen molar-refractivity contribution in [2.45, 2.75) is 170 Å². The Labute approximate surface area is 588 Å². The van der Waals surface area contributed by atoms with E-state index in [9.17, 15) is 48.6 Å². The molecule has 0 aliphatic heterocycles. The fourth-order valence-corrected chi connectivity index (χ4v) is 9.34. The molecular weight excluding hydrogens is 1320 g/mol. The molecule has 31 heteroatoms. The minimum absolute atomic E-state index is 0.0355. The van der Waals surface area contributed by atoms with Crippen molar-refractivity contribution in [3.05, 3.63) is 60.2 Å². The van der Waals surface area contributed by atoms with Crippen LogP contribution in [0.4, 0.5) is 11.6 Å². The number of ketones is 2. The van der Waals surface area contributed by atoms with Crippen molar-refractivity contribution in [3.63, 3.8) is 0 Å². The van der Waals surface area contributed by atoms with Gasteiger partial charge in [-0.2, -0.15) is 0 Å². The lowest BCUT2D eigenvalue weighted by atomic mass is 10.1. The first kappa shape index (κ1) is 85.2. The molecule has 2 aromatic carbocycles. The summed E-state index contributed by atoms with van der Waals surface area (Å²) in [5.41, 5.74) is 7.20. The Balaban J connectivity index is 0.000000356. The summed E-state index contributed by atoms with van der Waals surface area (Å²) in [4.78, 5) is 112. The van der Waals surface area contributed by atoms with Crippen LogP contribution in [0.5, 0.6) is 0 Å². The first-order valence-electron chi connectivity index (χ1n) is 33.6. The SMILES string of the molecule is CC(C)(C)OC(=O)CCCC(=O)COCCOCCOCC(=O)CCC(=O)O.CCOCc1nc2c(N)nc3ccccc3c2n1CC(C)(C)O.CCOCc1nc2c(NC(=O)CNC(=O)COCCOCCOCC(=O)NCCC(=O)OC(C)(C)C)nc3ccccc3c2n1CC(C)(C)O. The van der Waals surface area contributed by atoms with E-state index in [1.165, 1.54) is 0 Å². The number of nitrogen functional groups attached to an aromatic ring is 1. The Bertz CT molecular complexity index is 3640. The van der Waals surface area contributed by atoms with Gasteiger partial charge < -0.3 is 93.5 Å². The van der Waals surface area contributed by atoms with Crippen LogP contribution in [0.25, 0.3) is 43.9 Å². The number of pyridine rings is 2. The van der Waals surface area contributed by atoms with Crippen molar-refractivity contribution in [3.8, 4) is 0 Å². The van der Waals surface area contributed by atoms with Gasteiger partial charge in [-0.25, -0.2) is 19.9 Å². The molecule has 0 saturated heterocycles. The number of ether oxygens (including phenoxy) is 10. The molecule has 8 N–H and O–H groups in total. The monoisotopic (exact) mass is 1420 g/mol. The molecule has 0 unspecified atom stereocenters. The third-order valence-electron chi connectivity index (χ3n) is 13.4. The maximum Gasteiger partial charge on any atom is 0.308 e. The molecule has 0 aliphatic rings. The molecule has 0 radical (unpaired) electrons. The zero-order valence-corrected chi connectivity index (χ0v) is 60.5. The predicted octanol–water partition coefficient (Wildman–Crippen LogP) is 5.87. The van der Waals surface area contributed by atoms with Crippen molar-refractivity contribution >= 4 is 103 Å². The van der Waals surface area contributed by atoms with Crippen LogP contribution in [0, 0.1) is 0 Å². The highest BCUT2D eigenvalue weighted by Gasteiger charge is 2.26. The molecule has 0 spiro atoms. The maximum absolute atomic E-state index is 12.9. The van der Waals surface area contributed by atoms with Gasteiger partial charge in [0.1, 0.15) is 73.5 Å². The summed E-state index contributed by atoms with van der Waals surface area (Å²) in [5.74, 6) is -1.51. The van der Waals surface area contributed by atoms with Gasteiger partial charge in [-0.05, 0) is 102 Å². The fraction of sp³-hybridized carbons (Fsp3) is 0.600. The van der Waals surface area contributed by atoms with Gasteiger partial charge in [-0.3, -0.25) is 38.4 Å². The molecule has 4 heterocycles. The molecule has 4 aromatic heterocycles. The van der Waals surface area contributed by atoms with E-state index in [4.69, 9.17) is 63.2 Å². The minimum Gasteiger partial charge on any atom is -0.481 e. The van der Waals surface area contributed by atoms with Crippen LogP contribution in [0.15, 0.2) is 48.5 Å². The number of Topliss-reactive ketones (excluding diaryl/α,β-unsaturated/α-hetero) is 2. The Morgan fingerprint density at radius 2 is 0.911 bits per heavy atom. The van der Waals surface area contributed by atoms with Gasteiger partial charge in [-0.1, -0.05) is 36.4 Å². The fourth-order valence-electron chi connectivity index (χ4n) is 9.34. The number of hydrogen-bond acceptors (Lipinski definition) is 25. The van der Waals surface area contributed by atoms with E-state index in [1.54, 1.807) is 69.2 Å². The van der Waals surface area contributed by atoms with E-state index in [2.05, 4.69) is 30.9 Å². The molecule has 0 saturated carbocycles. The minimum atomic E-state index is -1.05. The van der Waals surface area contributed by atoms with Gasteiger partial charge in [0.2, 0.25) is 17.7 Å². The van der Waals surface area contributed by atoms with Gasteiger partial charge >= 0.3 is 17.9 Å². The van der Waals surface area contributed by atoms with Crippen molar-refractivity contribution in [1.29, 1.82) is 0 Å². The van der Waals surface area contributed by atoms with Crippen LogP contribution in [-0.2, 0) is 112 Å². The van der Waals surface area contributed by atoms with Gasteiger partial charge in [0.25, 0.3) is 0 Å². The topological polar surface area (TPSA) is 413 Å². The molecular formula is C70H104N10O21. The molecule has 0 fully saturated rings. The lowest BCUT2D eigenvalue weighted by molar-refractivity contribution is -0.156. The molecule has 6 aromatic rings. The van der Waals surface area contributed by atoms with Crippen LogP contribution >= 0.6 is 0 Å². The number of nitrogens with zero attached hydrogens (tertiary/aromatic N) is 6. The Morgan fingerprint density at radius 3 is 1.39 bits per heavy atom. The van der Waals surface area contributed by atoms with E-state index in [-0.39, 0.29) is 167 Å². The van der Waals surface area contributed by atoms with Crippen molar-refractivity contribution in [2.24, 2.45) is 0 Å². The number of nitrogens with one attached hydrogen (secondary N) is 3. The first-order chi connectivity index (χ1) is 47.7. The zero-order chi connectivity index (χ0) is 74.8. The van der Waals surface area contributed by atoms with Crippen LogP contribution in [0.2, 0.25) is 0 Å². The molecule has 0 aliphatic carbocycles. The molecule has 560 valence electrons. The number of fused-ring (bicyclic) bond motifs is 6. The molecule has 6 rings (SSSR count). The smallest absolute Gasteiger partial charge is 0.308 e. The highest BCUT2D eigenvalue weighted by molar-refractivity contribution is 6.10. The number of imidazole rings is 2. The summed E-state index contributed by atoms with van der Waals surface area (Å²) in [6.45, 7) is 24.6. The summed E-state index contributed by atoms with van der Waals surface area (Å²) in [5, 5.41) is 39.0. The number of benzene rings is 2. The van der Waals surface area contributed by atoms with Crippen LogP contribution < -0.4 is 21.7 Å². The largest absolute Gasteiger partial charge is 0.481 e. The predicted molar refractivity (Wildman–Crippen MR) is 374 cm³/mol. The summed E-state index contributed by atoms with van der Waals surface area (Å²) < 4.78 is 56.8. The van der Waals surface area contributed by atoms with Crippen molar-refractivity contribution in [1.82, 2.24) is 39.7 Å². The summed E-state index contributed by atoms with van der Waals surface area (Å²) >= 11 is 0. The number of aromatic nitrogens is 6. The highest BCUT2D eigenvalue weighted by atomic mass is 16.6. The molecule has 0 bridgehead atoms. The summed E-state index contributed by atoms with van der Waals surface area (Å²) in [6.07, 6.45) is 0.703. The maximum atomic E-state index is 12.9. The van der Waals surface area contributed by atoms with Crippen LogP contribution in [-0.4, -0.2) is 220 Å². The van der Waals surface area contributed by atoms with Gasteiger partial charge in [0.05, 0.1) is 119 Å². The Kier molecular flexibility index (Phi) is 36.2. The number of para-hydroxylation sites is 2. The number of nitrogens with two attached hydrogens (primary N) is 1. The lowest BCUT2D eigenvalue weighted by Crippen LogP contribution is -2.35. The summed E-state index contributed by atoms with van der Waals surface area (Å²) in [7, 11) is 0. The van der Waals surface area contributed by atoms with Crippen molar-refractivity contribution < 1.29 is 101 Å². The quantitative estimate of drug-likeness (QED) is 0.0174. The number of hydrogen-bond donors (Lipinski definition) is 7. The second-order valence-corrected chi connectivity index (χ2v) is 26.4. The number of rotatable bonds is 43. The van der Waals surface area contributed by atoms with E-state index in [0.717, 1.165) is 27.6 Å². The van der Waals surface area contributed by atoms with Gasteiger partial charge in [0.15, 0.2) is 23.2 Å². The second kappa shape index (κ2) is 42.9.